The molecule has 0 saturated carbocycles. The standard InChI is InChI=1S/C18H17N3O4S/c1-21-12(9-13(20-21)18(22)23)5-7-17-19-14(10-26-17)11-4-6-15(24-2)16(8-11)25-3/h4-10H,1-3H3,(H,22,23)/b7-5+. The summed E-state index contributed by atoms with van der Waals surface area (Å²) in [4.78, 5) is 15.6. The molecule has 0 aliphatic rings. The Kier molecular flexibility index (Phi) is 5.04. The van der Waals surface area contributed by atoms with E-state index >= 15 is 0 Å². The Morgan fingerprint density at radius 3 is 2.62 bits per heavy atom. The summed E-state index contributed by atoms with van der Waals surface area (Å²) < 4.78 is 12.1. The summed E-state index contributed by atoms with van der Waals surface area (Å²) in [5, 5.41) is 15.7. The molecule has 0 radical (unpaired) electrons. The van der Waals surface area contributed by atoms with E-state index in [-0.39, 0.29) is 5.69 Å². The molecule has 0 bridgehead atoms. The molecule has 0 aliphatic heterocycles. The number of aromatic nitrogens is 3. The Morgan fingerprint density at radius 2 is 1.96 bits per heavy atom. The highest BCUT2D eigenvalue weighted by molar-refractivity contribution is 7.10. The number of benzene rings is 1. The third-order valence-corrected chi connectivity index (χ3v) is 4.54. The number of hydrogen-bond donors (Lipinski definition) is 1. The van der Waals surface area contributed by atoms with Gasteiger partial charge >= 0.3 is 5.97 Å². The van der Waals surface area contributed by atoms with Crippen molar-refractivity contribution in [2.45, 2.75) is 0 Å². The molecule has 1 N–H and O–H groups in total. The average Bonchev–Trinajstić information content (AvgIpc) is 3.26. The van der Waals surface area contributed by atoms with E-state index in [9.17, 15) is 4.79 Å². The molecule has 8 heteroatoms. The SMILES string of the molecule is COc1ccc(-c2csc(/C=C/c3cc(C(=O)O)nn3C)n2)cc1OC. The highest BCUT2D eigenvalue weighted by atomic mass is 32.1. The molecular weight excluding hydrogens is 354 g/mol. The van der Waals surface area contributed by atoms with Crippen molar-refractivity contribution in [2.75, 3.05) is 14.2 Å². The lowest BCUT2D eigenvalue weighted by Crippen LogP contribution is -1.99. The second-order valence-electron chi connectivity index (χ2n) is 5.36. The highest BCUT2D eigenvalue weighted by Crippen LogP contribution is 2.32. The fourth-order valence-corrected chi connectivity index (χ4v) is 3.11. The Morgan fingerprint density at radius 1 is 1.19 bits per heavy atom. The summed E-state index contributed by atoms with van der Waals surface area (Å²) in [6.07, 6.45) is 3.62. The molecule has 2 aromatic heterocycles. The number of rotatable bonds is 6. The van der Waals surface area contributed by atoms with Crippen molar-refractivity contribution in [1.82, 2.24) is 14.8 Å². The van der Waals surface area contributed by atoms with Crippen LogP contribution in [-0.4, -0.2) is 40.1 Å². The van der Waals surface area contributed by atoms with Gasteiger partial charge in [-0.05, 0) is 36.4 Å². The number of carboxylic acid groups (broad SMARTS) is 1. The van der Waals surface area contributed by atoms with Crippen molar-refractivity contribution in [2.24, 2.45) is 7.05 Å². The van der Waals surface area contributed by atoms with Crippen LogP contribution in [0.1, 0.15) is 21.2 Å². The van der Waals surface area contributed by atoms with Gasteiger partial charge in [0.1, 0.15) is 5.01 Å². The summed E-state index contributed by atoms with van der Waals surface area (Å²) in [7, 11) is 4.89. The quantitative estimate of drug-likeness (QED) is 0.714. The molecule has 1 aromatic carbocycles. The third kappa shape index (κ3) is 3.60. The Bertz CT molecular complexity index is 975. The van der Waals surface area contributed by atoms with Crippen LogP contribution in [0.15, 0.2) is 29.6 Å². The topological polar surface area (TPSA) is 86.5 Å². The van der Waals surface area contributed by atoms with E-state index in [1.165, 1.54) is 22.1 Å². The van der Waals surface area contributed by atoms with Crippen molar-refractivity contribution >= 4 is 29.5 Å². The number of carbonyl (C=O) groups is 1. The first-order valence-corrected chi connectivity index (χ1v) is 8.53. The minimum Gasteiger partial charge on any atom is -0.493 e. The van der Waals surface area contributed by atoms with Crippen LogP contribution in [0.2, 0.25) is 0 Å². The van der Waals surface area contributed by atoms with Gasteiger partial charge in [-0.2, -0.15) is 5.10 Å². The molecule has 0 amide bonds. The van der Waals surface area contributed by atoms with E-state index in [0.29, 0.717) is 17.2 Å². The smallest absolute Gasteiger partial charge is 0.356 e. The number of aromatic carboxylic acids is 1. The Hall–Kier alpha value is -3.13. The maximum absolute atomic E-state index is 11.0. The predicted octanol–water partition coefficient (Wildman–Crippen LogP) is 3.43. The van der Waals surface area contributed by atoms with Crippen LogP contribution in [0.4, 0.5) is 0 Å². The van der Waals surface area contributed by atoms with Crippen molar-refractivity contribution in [3.63, 3.8) is 0 Å². The molecule has 134 valence electrons. The highest BCUT2D eigenvalue weighted by Gasteiger charge is 2.10. The predicted molar refractivity (Wildman–Crippen MR) is 99.7 cm³/mol. The van der Waals surface area contributed by atoms with Crippen LogP contribution in [-0.2, 0) is 7.05 Å². The van der Waals surface area contributed by atoms with Crippen LogP contribution in [0, 0.1) is 0 Å². The first-order chi connectivity index (χ1) is 12.5. The first-order valence-electron chi connectivity index (χ1n) is 7.65. The molecule has 0 spiro atoms. The van der Waals surface area contributed by atoms with Gasteiger partial charge in [0.05, 0.1) is 25.6 Å². The lowest BCUT2D eigenvalue weighted by molar-refractivity contribution is 0.0689. The number of carboxylic acids is 1. The van der Waals surface area contributed by atoms with E-state index in [2.05, 4.69) is 10.1 Å². The Labute approximate surface area is 154 Å². The minimum atomic E-state index is -1.05. The maximum Gasteiger partial charge on any atom is 0.356 e. The van der Waals surface area contributed by atoms with Gasteiger partial charge < -0.3 is 14.6 Å². The summed E-state index contributed by atoms with van der Waals surface area (Å²) in [5.74, 6) is 0.258. The summed E-state index contributed by atoms with van der Waals surface area (Å²) >= 11 is 1.49. The molecule has 7 nitrogen and oxygen atoms in total. The number of aryl methyl sites for hydroxylation is 1. The normalized spacial score (nSPS) is 11.0. The van der Waals surface area contributed by atoms with E-state index in [1.807, 2.05) is 29.7 Å². The van der Waals surface area contributed by atoms with Crippen LogP contribution in [0.5, 0.6) is 11.5 Å². The molecule has 26 heavy (non-hydrogen) atoms. The largest absolute Gasteiger partial charge is 0.493 e. The fourth-order valence-electron chi connectivity index (χ4n) is 2.39. The number of thiazole rings is 1. The van der Waals surface area contributed by atoms with Crippen LogP contribution in [0.3, 0.4) is 0 Å². The maximum atomic E-state index is 11.0. The zero-order chi connectivity index (χ0) is 18.7. The molecule has 3 rings (SSSR count). The molecule has 0 saturated heterocycles. The van der Waals surface area contributed by atoms with Crippen molar-refractivity contribution in [3.05, 3.63) is 46.0 Å². The van der Waals surface area contributed by atoms with Gasteiger partial charge in [0.2, 0.25) is 0 Å². The van der Waals surface area contributed by atoms with Crippen LogP contribution in [0.25, 0.3) is 23.4 Å². The second kappa shape index (κ2) is 7.40. The summed E-state index contributed by atoms with van der Waals surface area (Å²) in [6, 6.07) is 7.15. The number of methoxy groups -OCH3 is 2. The van der Waals surface area contributed by atoms with Gasteiger partial charge in [-0.1, -0.05) is 0 Å². The van der Waals surface area contributed by atoms with Gasteiger partial charge in [0, 0.05) is 18.0 Å². The molecule has 2 heterocycles. The number of ether oxygens (including phenoxy) is 2. The molecule has 0 fully saturated rings. The van der Waals surface area contributed by atoms with Gasteiger partial charge in [-0.25, -0.2) is 9.78 Å². The molecule has 0 atom stereocenters. The van der Waals surface area contributed by atoms with Gasteiger partial charge in [0.15, 0.2) is 17.2 Å². The van der Waals surface area contributed by atoms with Crippen LogP contribution < -0.4 is 9.47 Å². The van der Waals surface area contributed by atoms with E-state index in [4.69, 9.17) is 14.6 Å². The first kappa shape index (κ1) is 17.7. The molecule has 0 unspecified atom stereocenters. The van der Waals surface area contributed by atoms with Crippen LogP contribution >= 0.6 is 11.3 Å². The fraction of sp³-hybridized carbons (Fsp3) is 0.167. The zero-order valence-corrected chi connectivity index (χ0v) is 15.3. The zero-order valence-electron chi connectivity index (χ0n) is 14.5. The minimum absolute atomic E-state index is 0.0114. The van der Waals surface area contributed by atoms with Gasteiger partial charge in [-0.15, -0.1) is 11.3 Å². The van der Waals surface area contributed by atoms with E-state index < -0.39 is 5.97 Å². The lowest BCUT2D eigenvalue weighted by Gasteiger charge is -2.08. The third-order valence-electron chi connectivity index (χ3n) is 3.73. The second-order valence-corrected chi connectivity index (χ2v) is 6.25. The summed E-state index contributed by atoms with van der Waals surface area (Å²) in [5.41, 5.74) is 2.45. The number of nitrogens with zero attached hydrogens (tertiary/aromatic N) is 3. The van der Waals surface area contributed by atoms with Crippen molar-refractivity contribution in [1.29, 1.82) is 0 Å². The van der Waals surface area contributed by atoms with Gasteiger partial charge in [0.25, 0.3) is 0 Å². The van der Waals surface area contributed by atoms with Crippen molar-refractivity contribution < 1.29 is 19.4 Å². The summed E-state index contributed by atoms with van der Waals surface area (Å²) in [6.45, 7) is 0. The monoisotopic (exact) mass is 371 g/mol. The van der Waals surface area contributed by atoms with Gasteiger partial charge in [-0.3, -0.25) is 4.68 Å². The Balaban J connectivity index is 1.83. The average molecular weight is 371 g/mol. The van der Waals surface area contributed by atoms with E-state index in [0.717, 1.165) is 16.3 Å². The van der Waals surface area contributed by atoms with E-state index in [1.54, 1.807) is 27.3 Å². The molecular formula is C18H17N3O4S. The molecule has 3 aromatic rings. The molecule has 0 aliphatic carbocycles. The number of hydrogen-bond acceptors (Lipinski definition) is 6. The van der Waals surface area contributed by atoms with Crippen molar-refractivity contribution in [3.8, 4) is 22.8 Å². The lowest BCUT2D eigenvalue weighted by atomic mass is 10.1.